The molecule has 0 atom stereocenters. The predicted molar refractivity (Wildman–Crippen MR) is 37.0 cm³/mol. The lowest BCUT2D eigenvalue weighted by atomic mass is 10.3. The largest absolute Gasteiger partial charge is 0.479 e. The molecule has 0 aromatic carbocycles. The van der Waals surface area contributed by atoms with E-state index >= 15 is 0 Å². The van der Waals surface area contributed by atoms with E-state index < -0.39 is 5.97 Å². The average Bonchev–Trinajstić information content (AvgIpc) is 1.87. The fraction of sp³-hybridized carbons (Fsp3) is 0.667. The molecule has 4 nitrogen and oxygen atoms in total. The van der Waals surface area contributed by atoms with Crippen molar-refractivity contribution >= 4 is 11.7 Å². The molecule has 4 heteroatoms. The Hall–Kier alpha value is -1.06. The summed E-state index contributed by atoms with van der Waals surface area (Å²) in [7, 11) is 0. The Morgan fingerprint density at radius 3 is 2.70 bits per heavy atom. The number of aliphatic carboxylic acids is 1. The molecule has 0 aliphatic rings. The predicted octanol–water partition coefficient (Wildman–Crippen LogP) is 0.873. The van der Waals surface area contributed by atoms with Crippen molar-refractivity contribution in [2.24, 2.45) is 5.16 Å². The van der Waals surface area contributed by atoms with Gasteiger partial charge in [-0.1, -0.05) is 12.1 Å². The van der Waals surface area contributed by atoms with E-state index in [-0.39, 0.29) is 6.61 Å². The van der Waals surface area contributed by atoms with Gasteiger partial charge in [0.15, 0.2) is 0 Å². The zero-order valence-electron chi connectivity index (χ0n) is 6.13. The third-order valence-corrected chi connectivity index (χ3v) is 0.920. The van der Waals surface area contributed by atoms with Gasteiger partial charge in [0.2, 0.25) is 6.61 Å². The maximum atomic E-state index is 9.87. The van der Waals surface area contributed by atoms with E-state index in [1.54, 1.807) is 6.92 Å². The van der Waals surface area contributed by atoms with E-state index in [9.17, 15) is 4.79 Å². The van der Waals surface area contributed by atoms with Crippen LogP contribution in [0.2, 0.25) is 0 Å². The van der Waals surface area contributed by atoms with Crippen molar-refractivity contribution in [2.75, 3.05) is 6.61 Å². The summed E-state index contributed by atoms with van der Waals surface area (Å²) in [5.41, 5.74) is 0.793. The van der Waals surface area contributed by atoms with Crippen LogP contribution in [0, 0.1) is 0 Å². The summed E-state index contributed by atoms with van der Waals surface area (Å²) in [5.74, 6) is -1.01. The Morgan fingerprint density at radius 2 is 2.30 bits per heavy atom. The van der Waals surface area contributed by atoms with Crippen LogP contribution in [0.1, 0.15) is 20.3 Å². The Labute approximate surface area is 59.5 Å². The third-order valence-electron chi connectivity index (χ3n) is 0.920. The van der Waals surface area contributed by atoms with Crippen molar-refractivity contribution in [3.8, 4) is 0 Å². The Kier molecular flexibility index (Phi) is 4.28. The lowest BCUT2D eigenvalue weighted by Crippen LogP contribution is -2.04. The molecule has 0 rings (SSSR count). The molecule has 1 N–H and O–H groups in total. The molecule has 0 aliphatic heterocycles. The first-order chi connectivity index (χ1) is 4.66. The zero-order chi connectivity index (χ0) is 7.98. The molecule has 0 unspecified atom stereocenters. The number of rotatable bonds is 4. The summed E-state index contributed by atoms with van der Waals surface area (Å²) in [6.45, 7) is 3.34. The molecule has 0 aromatic rings. The molecule has 0 aliphatic carbocycles. The molecule has 0 amide bonds. The number of nitrogens with zero attached hydrogens (tertiary/aromatic N) is 1. The van der Waals surface area contributed by atoms with Gasteiger partial charge in [0.05, 0.1) is 5.71 Å². The molecule has 10 heavy (non-hydrogen) atoms. The minimum absolute atomic E-state index is 0.364. The minimum Gasteiger partial charge on any atom is -0.479 e. The van der Waals surface area contributed by atoms with E-state index in [4.69, 9.17) is 5.11 Å². The highest BCUT2D eigenvalue weighted by atomic mass is 16.6. The quantitative estimate of drug-likeness (QED) is 0.471. The molecule has 0 spiro atoms. The van der Waals surface area contributed by atoms with Gasteiger partial charge in [0.1, 0.15) is 0 Å². The van der Waals surface area contributed by atoms with Crippen LogP contribution in [0.25, 0.3) is 0 Å². The van der Waals surface area contributed by atoms with Crippen molar-refractivity contribution in [1.82, 2.24) is 0 Å². The first kappa shape index (κ1) is 8.94. The van der Waals surface area contributed by atoms with E-state index in [0.29, 0.717) is 0 Å². The van der Waals surface area contributed by atoms with Crippen LogP contribution in [0.3, 0.4) is 0 Å². The van der Waals surface area contributed by atoms with Gasteiger partial charge in [-0.05, 0) is 13.3 Å². The summed E-state index contributed by atoms with van der Waals surface area (Å²) in [5, 5.41) is 11.6. The topological polar surface area (TPSA) is 58.9 Å². The number of carbonyl (C=O) groups is 1. The monoisotopic (exact) mass is 145 g/mol. The summed E-state index contributed by atoms with van der Waals surface area (Å²) in [6, 6.07) is 0. The smallest absolute Gasteiger partial charge is 0.344 e. The van der Waals surface area contributed by atoms with Gasteiger partial charge in [-0.25, -0.2) is 4.79 Å². The number of oxime groups is 1. The second-order valence-electron chi connectivity index (χ2n) is 1.85. The fourth-order valence-corrected chi connectivity index (χ4v) is 0.262. The number of carboxylic acids is 1. The summed E-state index contributed by atoms with van der Waals surface area (Å²) < 4.78 is 0. The molecule has 0 saturated carbocycles. The molecule has 0 fully saturated rings. The van der Waals surface area contributed by atoms with Crippen LogP contribution in [-0.2, 0) is 9.63 Å². The van der Waals surface area contributed by atoms with Crippen LogP contribution in [0.4, 0.5) is 0 Å². The Balaban J connectivity index is 3.43. The molecule has 0 heterocycles. The molecule has 0 aromatic heterocycles. The summed E-state index contributed by atoms with van der Waals surface area (Å²) in [6.07, 6.45) is 0.777. The highest BCUT2D eigenvalue weighted by Gasteiger charge is 1.93. The van der Waals surface area contributed by atoms with E-state index in [1.807, 2.05) is 6.92 Å². The average molecular weight is 145 g/mol. The SMILES string of the molecule is CC/C(C)=N\OCC(=O)O. The van der Waals surface area contributed by atoms with Gasteiger partial charge < -0.3 is 9.94 Å². The highest BCUT2D eigenvalue weighted by molar-refractivity contribution is 5.81. The van der Waals surface area contributed by atoms with Crippen molar-refractivity contribution in [3.63, 3.8) is 0 Å². The molecular formula is C6H11NO3. The van der Waals surface area contributed by atoms with E-state index in [0.717, 1.165) is 12.1 Å². The molecule has 0 saturated heterocycles. The highest BCUT2D eigenvalue weighted by Crippen LogP contribution is 1.85. The van der Waals surface area contributed by atoms with Gasteiger partial charge in [-0.2, -0.15) is 0 Å². The molecule has 0 radical (unpaired) electrons. The number of carboxylic acid groups (broad SMARTS) is 1. The lowest BCUT2D eigenvalue weighted by molar-refractivity contribution is -0.142. The van der Waals surface area contributed by atoms with Crippen LogP contribution >= 0.6 is 0 Å². The van der Waals surface area contributed by atoms with Gasteiger partial charge >= 0.3 is 5.97 Å². The standard InChI is InChI=1S/C6H11NO3/c1-3-5(2)7-10-4-6(8)9/h3-4H2,1-2H3,(H,8,9)/b7-5-. The molecule has 58 valence electrons. The molecular weight excluding hydrogens is 134 g/mol. The minimum atomic E-state index is -1.01. The zero-order valence-corrected chi connectivity index (χ0v) is 6.13. The summed E-state index contributed by atoms with van der Waals surface area (Å²) in [4.78, 5) is 14.3. The van der Waals surface area contributed by atoms with Gasteiger partial charge in [-0.3, -0.25) is 0 Å². The lowest BCUT2D eigenvalue weighted by Gasteiger charge is -1.94. The Bertz CT molecular complexity index is 142. The number of hydrogen-bond acceptors (Lipinski definition) is 3. The van der Waals surface area contributed by atoms with Gasteiger partial charge in [0.25, 0.3) is 0 Å². The van der Waals surface area contributed by atoms with Crippen LogP contribution in [0.15, 0.2) is 5.16 Å². The van der Waals surface area contributed by atoms with Crippen LogP contribution in [0.5, 0.6) is 0 Å². The van der Waals surface area contributed by atoms with Crippen molar-refractivity contribution in [2.45, 2.75) is 20.3 Å². The first-order valence-corrected chi connectivity index (χ1v) is 3.04. The Morgan fingerprint density at radius 1 is 1.70 bits per heavy atom. The fourth-order valence-electron chi connectivity index (χ4n) is 0.262. The van der Waals surface area contributed by atoms with Gasteiger partial charge in [-0.15, -0.1) is 0 Å². The van der Waals surface area contributed by atoms with E-state index in [1.165, 1.54) is 0 Å². The maximum Gasteiger partial charge on any atom is 0.344 e. The normalized spacial score (nSPS) is 11.2. The number of hydrogen-bond donors (Lipinski definition) is 1. The van der Waals surface area contributed by atoms with Crippen LogP contribution < -0.4 is 0 Å². The second kappa shape index (κ2) is 4.78. The van der Waals surface area contributed by atoms with Crippen molar-refractivity contribution in [3.05, 3.63) is 0 Å². The second-order valence-corrected chi connectivity index (χ2v) is 1.85. The molecule has 0 bridgehead atoms. The van der Waals surface area contributed by atoms with Crippen LogP contribution in [-0.4, -0.2) is 23.4 Å². The third kappa shape index (κ3) is 5.08. The first-order valence-electron chi connectivity index (χ1n) is 3.04. The van der Waals surface area contributed by atoms with Crippen molar-refractivity contribution in [1.29, 1.82) is 0 Å². The van der Waals surface area contributed by atoms with Crippen molar-refractivity contribution < 1.29 is 14.7 Å². The maximum absolute atomic E-state index is 9.87. The van der Waals surface area contributed by atoms with E-state index in [2.05, 4.69) is 9.99 Å². The van der Waals surface area contributed by atoms with Gasteiger partial charge in [0, 0.05) is 0 Å². The summed E-state index contributed by atoms with van der Waals surface area (Å²) >= 11 is 0.